The number of carbonyl (C=O) groups is 1. The van der Waals surface area contributed by atoms with Crippen LogP contribution in [0.4, 0.5) is 0 Å². The quantitative estimate of drug-likeness (QED) is 0.453. The van der Waals surface area contributed by atoms with Gasteiger partial charge in [0, 0.05) is 6.54 Å². The van der Waals surface area contributed by atoms with Crippen LogP contribution in [0.2, 0.25) is 0 Å². The maximum Gasteiger partial charge on any atom is 0.320 e. The van der Waals surface area contributed by atoms with Gasteiger partial charge >= 0.3 is 5.97 Å². The Morgan fingerprint density at radius 2 is 2.14 bits per heavy atom. The number of carboxylic acid groups (broad SMARTS) is 1. The smallest absolute Gasteiger partial charge is 0.320 e. The largest absolute Gasteiger partial charge is 0.480 e. The first-order chi connectivity index (χ1) is 6.43. The molecule has 0 aromatic heterocycles. The number of nitrogens with one attached hydrogen (secondary N) is 1. The van der Waals surface area contributed by atoms with Crippen LogP contribution in [0.5, 0.6) is 0 Å². The van der Waals surface area contributed by atoms with Gasteiger partial charge < -0.3 is 20.6 Å². The second kappa shape index (κ2) is 5.95. The molecule has 0 aromatic rings. The molecule has 0 radical (unpaired) electrons. The van der Waals surface area contributed by atoms with Crippen molar-refractivity contribution in [2.75, 3.05) is 13.2 Å². The first kappa shape index (κ1) is 13.4. The standard InChI is InChI=1S/C9H19NO4/c1-3-4-7(8(12)13)10-5-9(2,14)6-11/h7,10-11,14H,3-6H2,1-2H3,(H,12,13). The summed E-state index contributed by atoms with van der Waals surface area (Å²) < 4.78 is 0. The Balaban J connectivity index is 3.99. The number of hydrogen-bond acceptors (Lipinski definition) is 4. The molecule has 0 saturated heterocycles. The Labute approximate surface area is 83.8 Å². The van der Waals surface area contributed by atoms with Crippen molar-refractivity contribution in [3.63, 3.8) is 0 Å². The minimum Gasteiger partial charge on any atom is -0.480 e. The molecule has 0 aliphatic rings. The second-order valence-corrected chi connectivity index (χ2v) is 3.72. The van der Waals surface area contributed by atoms with E-state index in [2.05, 4.69) is 5.32 Å². The molecule has 0 rings (SSSR count). The summed E-state index contributed by atoms with van der Waals surface area (Å²) in [5.74, 6) is -0.930. The molecule has 5 heteroatoms. The predicted octanol–water partition coefficient (Wildman–Crippen LogP) is -0.427. The van der Waals surface area contributed by atoms with E-state index in [0.717, 1.165) is 6.42 Å². The Bertz CT molecular complexity index is 182. The monoisotopic (exact) mass is 205 g/mol. The lowest BCUT2D eigenvalue weighted by atomic mass is 10.1. The summed E-state index contributed by atoms with van der Waals surface area (Å²) in [7, 11) is 0. The highest BCUT2D eigenvalue weighted by atomic mass is 16.4. The van der Waals surface area contributed by atoms with Gasteiger partial charge in [-0.3, -0.25) is 4.79 Å². The SMILES string of the molecule is CCCC(NCC(C)(O)CO)C(=O)O. The average Bonchev–Trinajstić information content (AvgIpc) is 2.12. The predicted molar refractivity (Wildman–Crippen MR) is 52.0 cm³/mol. The van der Waals surface area contributed by atoms with Crippen LogP contribution in [-0.2, 0) is 4.79 Å². The Morgan fingerprint density at radius 1 is 1.57 bits per heavy atom. The number of rotatable bonds is 7. The zero-order chi connectivity index (χ0) is 11.2. The van der Waals surface area contributed by atoms with Crippen LogP contribution in [0.3, 0.4) is 0 Å². The molecule has 0 bridgehead atoms. The van der Waals surface area contributed by atoms with Crippen molar-refractivity contribution in [1.82, 2.24) is 5.32 Å². The van der Waals surface area contributed by atoms with Gasteiger partial charge in [0.05, 0.1) is 12.2 Å². The number of aliphatic hydroxyl groups excluding tert-OH is 1. The minimum absolute atomic E-state index is 0.0699. The van der Waals surface area contributed by atoms with Gasteiger partial charge in [-0.15, -0.1) is 0 Å². The number of aliphatic hydroxyl groups is 2. The minimum atomic E-state index is -1.26. The van der Waals surface area contributed by atoms with E-state index in [1.54, 1.807) is 0 Å². The summed E-state index contributed by atoms with van der Waals surface area (Å²) in [5, 5.41) is 29.6. The van der Waals surface area contributed by atoms with Crippen LogP contribution in [0, 0.1) is 0 Å². The summed E-state index contributed by atoms with van der Waals surface area (Å²) in [6.07, 6.45) is 1.27. The summed E-state index contributed by atoms with van der Waals surface area (Å²) in [5.41, 5.74) is -1.26. The maximum absolute atomic E-state index is 10.7. The third-order valence-corrected chi connectivity index (χ3v) is 1.95. The average molecular weight is 205 g/mol. The van der Waals surface area contributed by atoms with Gasteiger partial charge in [0.25, 0.3) is 0 Å². The number of aliphatic carboxylic acids is 1. The van der Waals surface area contributed by atoms with Crippen molar-refractivity contribution in [2.45, 2.75) is 38.3 Å². The molecule has 0 aromatic carbocycles. The summed E-state index contributed by atoms with van der Waals surface area (Å²) in [6, 6.07) is -0.655. The highest BCUT2D eigenvalue weighted by Crippen LogP contribution is 2.02. The number of hydrogen-bond donors (Lipinski definition) is 4. The highest BCUT2D eigenvalue weighted by Gasteiger charge is 2.23. The van der Waals surface area contributed by atoms with E-state index < -0.39 is 24.2 Å². The first-order valence-electron chi connectivity index (χ1n) is 4.72. The Kier molecular flexibility index (Phi) is 5.68. The zero-order valence-corrected chi connectivity index (χ0v) is 8.66. The van der Waals surface area contributed by atoms with Gasteiger partial charge in [0.15, 0.2) is 0 Å². The third-order valence-electron chi connectivity index (χ3n) is 1.95. The van der Waals surface area contributed by atoms with Crippen molar-refractivity contribution in [2.24, 2.45) is 0 Å². The van der Waals surface area contributed by atoms with Crippen LogP contribution in [0.1, 0.15) is 26.7 Å². The molecule has 4 N–H and O–H groups in total. The number of carboxylic acids is 1. The fraction of sp³-hybridized carbons (Fsp3) is 0.889. The van der Waals surface area contributed by atoms with E-state index in [-0.39, 0.29) is 6.54 Å². The van der Waals surface area contributed by atoms with E-state index in [9.17, 15) is 9.90 Å². The molecular formula is C9H19NO4. The van der Waals surface area contributed by atoms with Crippen molar-refractivity contribution >= 4 is 5.97 Å². The Hall–Kier alpha value is -0.650. The zero-order valence-electron chi connectivity index (χ0n) is 8.66. The molecule has 0 saturated carbocycles. The molecule has 2 atom stereocenters. The lowest BCUT2D eigenvalue weighted by Gasteiger charge is -2.23. The van der Waals surface area contributed by atoms with Gasteiger partial charge in [0.2, 0.25) is 0 Å². The molecule has 0 heterocycles. The van der Waals surface area contributed by atoms with E-state index >= 15 is 0 Å². The van der Waals surface area contributed by atoms with Crippen LogP contribution in [-0.4, -0.2) is 46.1 Å². The van der Waals surface area contributed by atoms with Crippen LogP contribution < -0.4 is 5.32 Å². The molecule has 0 spiro atoms. The van der Waals surface area contributed by atoms with Crippen molar-refractivity contribution in [1.29, 1.82) is 0 Å². The van der Waals surface area contributed by atoms with Gasteiger partial charge in [-0.2, -0.15) is 0 Å². The Morgan fingerprint density at radius 3 is 2.50 bits per heavy atom. The maximum atomic E-state index is 10.7. The summed E-state index contributed by atoms with van der Waals surface area (Å²) >= 11 is 0. The normalized spacial score (nSPS) is 17.4. The van der Waals surface area contributed by atoms with Crippen molar-refractivity contribution < 1.29 is 20.1 Å². The summed E-state index contributed by atoms with van der Waals surface area (Å²) in [6.45, 7) is 3.02. The molecular weight excluding hydrogens is 186 g/mol. The van der Waals surface area contributed by atoms with E-state index in [1.807, 2.05) is 6.92 Å². The van der Waals surface area contributed by atoms with Crippen LogP contribution in [0.15, 0.2) is 0 Å². The lowest BCUT2D eigenvalue weighted by molar-refractivity contribution is -0.140. The molecule has 84 valence electrons. The van der Waals surface area contributed by atoms with Gasteiger partial charge in [-0.05, 0) is 13.3 Å². The fourth-order valence-corrected chi connectivity index (χ4v) is 1.00. The van der Waals surface area contributed by atoms with Crippen molar-refractivity contribution in [3.8, 4) is 0 Å². The third kappa shape index (κ3) is 5.16. The molecule has 0 aliphatic heterocycles. The van der Waals surface area contributed by atoms with Crippen molar-refractivity contribution in [3.05, 3.63) is 0 Å². The van der Waals surface area contributed by atoms with Crippen LogP contribution in [0.25, 0.3) is 0 Å². The highest BCUT2D eigenvalue weighted by molar-refractivity contribution is 5.73. The van der Waals surface area contributed by atoms with E-state index in [1.165, 1.54) is 6.92 Å². The van der Waals surface area contributed by atoms with Gasteiger partial charge in [0.1, 0.15) is 6.04 Å². The topological polar surface area (TPSA) is 89.8 Å². The molecule has 0 amide bonds. The van der Waals surface area contributed by atoms with Crippen LogP contribution >= 0.6 is 0 Å². The molecule has 5 nitrogen and oxygen atoms in total. The van der Waals surface area contributed by atoms with Gasteiger partial charge in [-0.1, -0.05) is 13.3 Å². The van der Waals surface area contributed by atoms with E-state index in [4.69, 9.17) is 10.2 Å². The molecule has 0 aliphatic carbocycles. The molecule has 14 heavy (non-hydrogen) atoms. The first-order valence-corrected chi connectivity index (χ1v) is 4.72. The molecule has 2 unspecified atom stereocenters. The summed E-state index contributed by atoms with van der Waals surface area (Å²) in [4.78, 5) is 10.7. The van der Waals surface area contributed by atoms with E-state index in [0.29, 0.717) is 6.42 Å². The second-order valence-electron chi connectivity index (χ2n) is 3.72. The molecule has 0 fully saturated rings. The lowest BCUT2D eigenvalue weighted by Crippen LogP contribution is -2.47. The van der Waals surface area contributed by atoms with Gasteiger partial charge in [-0.25, -0.2) is 0 Å². The fourth-order valence-electron chi connectivity index (χ4n) is 1.00.